The molecule has 1 saturated heterocycles. The quantitative estimate of drug-likeness (QED) is 0.428. The lowest BCUT2D eigenvalue weighted by molar-refractivity contribution is -0.132. The standard InChI is InChI=1S/C26H25FN6O2/c1-35-22-10-6-19(7-11-22)23-17-24(20-4-8-21(27)9-5-20)33(30-23)18-26(34)32-15-13-31(14-16-32)25-3-2-12-28-29-25/h2-12,17H,13-16,18H2,1H3. The number of carbonyl (C=O) groups is 1. The van der Waals surface area contributed by atoms with E-state index in [2.05, 4.69) is 15.1 Å². The van der Waals surface area contributed by atoms with Gasteiger partial charge in [-0.15, -0.1) is 5.10 Å². The summed E-state index contributed by atoms with van der Waals surface area (Å²) in [4.78, 5) is 17.2. The van der Waals surface area contributed by atoms with Crippen LogP contribution in [0.1, 0.15) is 0 Å². The lowest BCUT2D eigenvalue weighted by atomic mass is 10.1. The molecule has 8 nitrogen and oxygen atoms in total. The number of ether oxygens (including phenoxy) is 1. The van der Waals surface area contributed by atoms with E-state index in [1.807, 2.05) is 47.4 Å². The highest BCUT2D eigenvalue weighted by molar-refractivity contribution is 5.78. The monoisotopic (exact) mass is 472 g/mol. The first-order chi connectivity index (χ1) is 17.1. The van der Waals surface area contributed by atoms with Gasteiger partial charge in [-0.25, -0.2) is 4.39 Å². The van der Waals surface area contributed by atoms with Crippen molar-refractivity contribution in [1.29, 1.82) is 0 Å². The molecule has 0 atom stereocenters. The molecule has 5 rings (SSSR count). The summed E-state index contributed by atoms with van der Waals surface area (Å²) in [6.07, 6.45) is 1.65. The molecule has 1 aliphatic heterocycles. The molecule has 35 heavy (non-hydrogen) atoms. The van der Waals surface area contributed by atoms with Crippen molar-refractivity contribution in [2.45, 2.75) is 6.54 Å². The Labute approximate surface area is 202 Å². The fourth-order valence-corrected chi connectivity index (χ4v) is 4.17. The van der Waals surface area contributed by atoms with E-state index in [0.717, 1.165) is 34.1 Å². The molecule has 0 aliphatic carbocycles. The summed E-state index contributed by atoms with van der Waals surface area (Å²) in [6, 6.07) is 19.5. The van der Waals surface area contributed by atoms with Gasteiger partial charge in [0.1, 0.15) is 18.1 Å². The van der Waals surface area contributed by atoms with E-state index in [9.17, 15) is 9.18 Å². The Morgan fingerprint density at radius 2 is 1.69 bits per heavy atom. The van der Waals surface area contributed by atoms with Crippen LogP contribution in [-0.2, 0) is 11.3 Å². The second-order valence-electron chi connectivity index (χ2n) is 8.26. The molecular formula is C26H25FN6O2. The minimum absolute atomic E-state index is 0.0171. The van der Waals surface area contributed by atoms with Gasteiger partial charge in [-0.05, 0) is 66.7 Å². The van der Waals surface area contributed by atoms with Crippen LogP contribution in [0.3, 0.4) is 0 Å². The molecule has 2 aromatic carbocycles. The maximum Gasteiger partial charge on any atom is 0.244 e. The van der Waals surface area contributed by atoms with E-state index < -0.39 is 0 Å². The molecular weight excluding hydrogens is 447 g/mol. The molecule has 1 fully saturated rings. The molecule has 2 aromatic heterocycles. The van der Waals surface area contributed by atoms with Gasteiger partial charge in [0.15, 0.2) is 5.82 Å². The number of methoxy groups -OCH3 is 1. The third-order valence-electron chi connectivity index (χ3n) is 6.11. The van der Waals surface area contributed by atoms with Crippen LogP contribution in [0.2, 0.25) is 0 Å². The Hall–Kier alpha value is -4.27. The molecule has 0 N–H and O–H groups in total. The lowest BCUT2D eigenvalue weighted by Crippen LogP contribution is -2.50. The fraction of sp³-hybridized carbons (Fsp3) is 0.231. The summed E-state index contributed by atoms with van der Waals surface area (Å²) in [5.41, 5.74) is 3.17. The number of aromatic nitrogens is 4. The van der Waals surface area contributed by atoms with E-state index in [0.29, 0.717) is 26.2 Å². The number of amides is 1. The average Bonchev–Trinajstić information content (AvgIpc) is 3.33. The zero-order chi connectivity index (χ0) is 24.2. The number of piperazine rings is 1. The maximum absolute atomic E-state index is 13.5. The molecule has 0 radical (unpaired) electrons. The number of nitrogens with zero attached hydrogens (tertiary/aromatic N) is 6. The Balaban J connectivity index is 1.36. The topological polar surface area (TPSA) is 76.4 Å². The first-order valence-electron chi connectivity index (χ1n) is 11.4. The molecule has 0 spiro atoms. The van der Waals surface area contributed by atoms with Gasteiger partial charge >= 0.3 is 0 Å². The predicted molar refractivity (Wildman–Crippen MR) is 130 cm³/mol. The molecule has 178 valence electrons. The summed E-state index contributed by atoms with van der Waals surface area (Å²) < 4.78 is 20.5. The number of rotatable bonds is 6. The summed E-state index contributed by atoms with van der Waals surface area (Å²) in [5, 5.41) is 12.8. The summed E-state index contributed by atoms with van der Waals surface area (Å²) in [6.45, 7) is 2.65. The minimum Gasteiger partial charge on any atom is -0.497 e. The van der Waals surface area contributed by atoms with Crippen LogP contribution in [0.25, 0.3) is 22.5 Å². The Kier molecular flexibility index (Phi) is 6.38. The molecule has 9 heteroatoms. The van der Waals surface area contributed by atoms with Gasteiger partial charge in [-0.2, -0.15) is 10.2 Å². The van der Waals surface area contributed by atoms with E-state index in [4.69, 9.17) is 9.84 Å². The van der Waals surface area contributed by atoms with Crippen molar-refractivity contribution >= 4 is 11.7 Å². The van der Waals surface area contributed by atoms with Crippen molar-refractivity contribution < 1.29 is 13.9 Å². The molecule has 1 aliphatic rings. The van der Waals surface area contributed by atoms with Crippen LogP contribution >= 0.6 is 0 Å². The number of hydrogen-bond donors (Lipinski definition) is 0. The molecule has 0 unspecified atom stereocenters. The highest BCUT2D eigenvalue weighted by Crippen LogP contribution is 2.28. The minimum atomic E-state index is -0.313. The molecule has 4 aromatic rings. The summed E-state index contributed by atoms with van der Waals surface area (Å²) in [5.74, 6) is 1.24. The summed E-state index contributed by atoms with van der Waals surface area (Å²) >= 11 is 0. The Morgan fingerprint density at radius 3 is 2.34 bits per heavy atom. The molecule has 0 saturated carbocycles. The van der Waals surface area contributed by atoms with E-state index in [1.54, 1.807) is 30.1 Å². The predicted octanol–water partition coefficient (Wildman–Crippen LogP) is 3.50. The number of benzene rings is 2. The molecule has 1 amide bonds. The van der Waals surface area contributed by atoms with Gasteiger partial charge in [-0.3, -0.25) is 9.48 Å². The zero-order valence-electron chi connectivity index (χ0n) is 19.3. The second kappa shape index (κ2) is 9.92. The van der Waals surface area contributed by atoms with Gasteiger partial charge in [0.25, 0.3) is 0 Å². The SMILES string of the molecule is COc1ccc(-c2cc(-c3ccc(F)cc3)n(CC(=O)N3CCN(c4cccnn4)CC3)n2)cc1. The number of anilines is 1. The van der Waals surface area contributed by atoms with Crippen LogP contribution < -0.4 is 9.64 Å². The van der Waals surface area contributed by atoms with Crippen LogP contribution in [0, 0.1) is 5.82 Å². The smallest absolute Gasteiger partial charge is 0.244 e. The van der Waals surface area contributed by atoms with Gasteiger partial charge in [0.05, 0.1) is 18.5 Å². The second-order valence-corrected chi connectivity index (χ2v) is 8.26. The van der Waals surface area contributed by atoms with Gasteiger partial charge < -0.3 is 14.5 Å². The van der Waals surface area contributed by atoms with Crippen LogP contribution in [0.4, 0.5) is 10.2 Å². The molecule has 0 bridgehead atoms. The normalized spacial score (nSPS) is 13.7. The van der Waals surface area contributed by atoms with Crippen molar-refractivity contribution in [1.82, 2.24) is 24.9 Å². The van der Waals surface area contributed by atoms with Crippen molar-refractivity contribution in [2.75, 3.05) is 38.2 Å². The van der Waals surface area contributed by atoms with Gasteiger partial charge in [0, 0.05) is 43.5 Å². The van der Waals surface area contributed by atoms with E-state index in [1.165, 1.54) is 12.1 Å². The van der Waals surface area contributed by atoms with Gasteiger partial charge in [-0.1, -0.05) is 0 Å². The number of carbonyl (C=O) groups excluding carboxylic acids is 1. The third kappa shape index (κ3) is 4.98. The van der Waals surface area contributed by atoms with Crippen molar-refractivity contribution in [3.05, 3.63) is 78.7 Å². The first-order valence-corrected chi connectivity index (χ1v) is 11.4. The van der Waals surface area contributed by atoms with Crippen molar-refractivity contribution in [2.24, 2.45) is 0 Å². The fourth-order valence-electron chi connectivity index (χ4n) is 4.17. The first kappa shape index (κ1) is 22.5. The van der Waals surface area contributed by atoms with Crippen LogP contribution in [0.15, 0.2) is 72.9 Å². The van der Waals surface area contributed by atoms with Crippen LogP contribution in [0.5, 0.6) is 5.75 Å². The largest absolute Gasteiger partial charge is 0.497 e. The van der Waals surface area contributed by atoms with Crippen LogP contribution in [-0.4, -0.2) is 64.1 Å². The Bertz CT molecular complexity index is 1280. The highest BCUT2D eigenvalue weighted by Gasteiger charge is 2.23. The van der Waals surface area contributed by atoms with Crippen molar-refractivity contribution in [3.63, 3.8) is 0 Å². The Morgan fingerprint density at radius 1 is 0.971 bits per heavy atom. The third-order valence-corrected chi connectivity index (χ3v) is 6.11. The highest BCUT2D eigenvalue weighted by atomic mass is 19.1. The number of hydrogen-bond acceptors (Lipinski definition) is 6. The van der Waals surface area contributed by atoms with E-state index in [-0.39, 0.29) is 18.3 Å². The number of halogens is 1. The zero-order valence-corrected chi connectivity index (χ0v) is 19.3. The molecule has 3 heterocycles. The average molecular weight is 473 g/mol. The summed E-state index contributed by atoms with van der Waals surface area (Å²) in [7, 11) is 1.62. The lowest BCUT2D eigenvalue weighted by Gasteiger charge is -2.35. The van der Waals surface area contributed by atoms with Gasteiger partial charge in [0.2, 0.25) is 5.91 Å². The maximum atomic E-state index is 13.5. The van der Waals surface area contributed by atoms with Crippen molar-refractivity contribution in [3.8, 4) is 28.3 Å². The van der Waals surface area contributed by atoms with E-state index >= 15 is 0 Å².